The van der Waals surface area contributed by atoms with Gasteiger partial charge in [-0.05, 0) is 31.2 Å². The summed E-state index contributed by atoms with van der Waals surface area (Å²) < 4.78 is 12.7. The summed E-state index contributed by atoms with van der Waals surface area (Å²) in [6, 6.07) is 25.7. The van der Waals surface area contributed by atoms with E-state index in [0.29, 0.717) is 10.7 Å². The number of ether oxygens (including phenoxy) is 2. The molecule has 0 bridgehead atoms. The summed E-state index contributed by atoms with van der Waals surface area (Å²) >= 11 is 8.60. The highest BCUT2D eigenvalue weighted by atomic mass is 35.5. The minimum Gasteiger partial charge on any atom is -0.497 e. The predicted octanol–water partition coefficient (Wildman–Crippen LogP) is 7.31. The van der Waals surface area contributed by atoms with E-state index < -0.39 is 0 Å². The SMILES string of the molecule is COc1cccc(-c2nn(-c3nc(-c4ccccc4)c(C)s3)c(-c3cccc(OC)c3)c2Cl)c1. The van der Waals surface area contributed by atoms with Gasteiger partial charge in [-0.3, -0.25) is 0 Å². The summed E-state index contributed by atoms with van der Waals surface area (Å²) in [5.74, 6) is 1.48. The van der Waals surface area contributed by atoms with Crippen LogP contribution < -0.4 is 9.47 Å². The quantitative estimate of drug-likeness (QED) is 0.252. The average Bonchev–Trinajstić information content (AvgIpc) is 3.44. The minimum absolute atomic E-state index is 0.538. The first-order valence-corrected chi connectivity index (χ1v) is 11.9. The zero-order chi connectivity index (χ0) is 23.7. The number of hydrogen-bond acceptors (Lipinski definition) is 5. The van der Waals surface area contributed by atoms with Crippen molar-refractivity contribution in [3.8, 4) is 50.4 Å². The number of rotatable bonds is 6. The van der Waals surface area contributed by atoms with Gasteiger partial charge in [-0.15, -0.1) is 0 Å². The van der Waals surface area contributed by atoms with Crippen LogP contribution in [0, 0.1) is 6.92 Å². The van der Waals surface area contributed by atoms with Crippen LogP contribution in [-0.4, -0.2) is 29.0 Å². The maximum Gasteiger partial charge on any atom is 0.211 e. The summed E-state index contributed by atoms with van der Waals surface area (Å²) in [7, 11) is 3.29. The van der Waals surface area contributed by atoms with E-state index in [9.17, 15) is 0 Å². The Balaban J connectivity index is 1.73. The molecular weight excluding hydrogens is 466 g/mol. The van der Waals surface area contributed by atoms with Crippen LogP contribution in [0.25, 0.3) is 38.9 Å². The van der Waals surface area contributed by atoms with E-state index in [2.05, 4.69) is 19.1 Å². The Morgan fingerprint density at radius 1 is 0.765 bits per heavy atom. The lowest BCUT2D eigenvalue weighted by molar-refractivity contribution is 0.415. The van der Waals surface area contributed by atoms with Gasteiger partial charge in [0.2, 0.25) is 5.13 Å². The van der Waals surface area contributed by atoms with Gasteiger partial charge in [0.15, 0.2) is 0 Å². The molecule has 0 aliphatic heterocycles. The van der Waals surface area contributed by atoms with Crippen molar-refractivity contribution in [3.63, 3.8) is 0 Å². The molecule has 2 heterocycles. The maximum atomic E-state index is 7.01. The molecule has 0 atom stereocenters. The first-order chi connectivity index (χ1) is 16.6. The number of hydrogen-bond donors (Lipinski definition) is 0. The van der Waals surface area contributed by atoms with Gasteiger partial charge in [0, 0.05) is 21.6 Å². The number of halogens is 1. The molecule has 170 valence electrons. The number of methoxy groups -OCH3 is 2. The molecule has 3 aromatic carbocycles. The van der Waals surface area contributed by atoms with Gasteiger partial charge in [-0.1, -0.05) is 77.5 Å². The molecule has 0 saturated carbocycles. The monoisotopic (exact) mass is 487 g/mol. The van der Waals surface area contributed by atoms with Crippen LogP contribution in [-0.2, 0) is 0 Å². The Labute approximate surface area is 207 Å². The van der Waals surface area contributed by atoms with Crippen LogP contribution in [0.1, 0.15) is 4.88 Å². The topological polar surface area (TPSA) is 49.2 Å². The normalized spacial score (nSPS) is 10.9. The van der Waals surface area contributed by atoms with E-state index in [1.807, 2.05) is 71.4 Å². The van der Waals surface area contributed by atoms with E-state index in [1.54, 1.807) is 25.6 Å². The van der Waals surface area contributed by atoms with Gasteiger partial charge < -0.3 is 9.47 Å². The van der Waals surface area contributed by atoms with Gasteiger partial charge in [0.05, 0.1) is 30.6 Å². The smallest absolute Gasteiger partial charge is 0.211 e. The Bertz CT molecular complexity index is 1460. The molecule has 0 spiro atoms. The van der Waals surface area contributed by atoms with Crippen molar-refractivity contribution in [2.75, 3.05) is 14.2 Å². The van der Waals surface area contributed by atoms with Gasteiger partial charge in [0.1, 0.15) is 17.2 Å². The number of aromatic nitrogens is 3. The molecule has 34 heavy (non-hydrogen) atoms. The number of benzene rings is 3. The van der Waals surface area contributed by atoms with Crippen molar-refractivity contribution >= 4 is 22.9 Å². The van der Waals surface area contributed by atoms with E-state index in [1.165, 1.54) is 0 Å². The number of nitrogens with zero attached hydrogens (tertiary/aromatic N) is 3. The Kier molecular flexibility index (Phi) is 6.09. The molecule has 0 fully saturated rings. The predicted molar refractivity (Wildman–Crippen MR) is 138 cm³/mol. The third kappa shape index (κ3) is 4.06. The standard InChI is InChI=1S/C27H22ClN3O2S/c1-17-24(18-9-5-4-6-10-18)29-27(34-17)31-26(20-12-8-14-22(16-20)33-3)23(28)25(30-31)19-11-7-13-21(15-19)32-2/h4-16H,1-3H3. The third-order valence-electron chi connectivity index (χ3n) is 5.53. The van der Waals surface area contributed by atoms with Crippen LogP contribution in [0.15, 0.2) is 78.9 Å². The second kappa shape index (κ2) is 9.33. The van der Waals surface area contributed by atoms with E-state index in [4.69, 9.17) is 31.2 Å². The van der Waals surface area contributed by atoms with Crippen molar-refractivity contribution < 1.29 is 9.47 Å². The molecule has 0 aliphatic rings. The Morgan fingerprint density at radius 2 is 1.38 bits per heavy atom. The lowest BCUT2D eigenvalue weighted by atomic mass is 10.1. The summed E-state index contributed by atoms with van der Waals surface area (Å²) in [6.07, 6.45) is 0. The van der Waals surface area contributed by atoms with Crippen molar-refractivity contribution in [1.82, 2.24) is 14.8 Å². The molecular formula is C27H22ClN3O2S. The Hall–Kier alpha value is -3.61. The molecule has 0 aliphatic carbocycles. The van der Waals surface area contributed by atoms with Crippen molar-refractivity contribution in [2.45, 2.75) is 6.92 Å². The van der Waals surface area contributed by atoms with Crippen molar-refractivity contribution in [1.29, 1.82) is 0 Å². The lowest BCUT2D eigenvalue weighted by Gasteiger charge is -2.07. The summed E-state index contributed by atoms with van der Waals surface area (Å²) in [5, 5.41) is 6.22. The minimum atomic E-state index is 0.538. The second-order valence-electron chi connectivity index (χ2n) is 7.65. The molecule has 5 aromatic rings. The van der Waals surface area contributed by atoms with Crippen LogP contribution in [0.2, 0.25) is 5.02 Å². The number of aryl methyl sites for hydroxylation is 1. The molecule has 5 nitrogen and oxygen atoms in total. The van der Waals surface area contributed by atoms with E-state index in [0.717, 1.165) is 49.6 Å². The van der Waals surface area contributed by atoms with Crippen molar-refractivity contribution in [3.05, 3.63) is 88.8 Å². The highest BCUT2D eigenvalue weighted by Crippen LogP contribution is 2.41. The highest BCUT2D eigenvalue weighted by Gasteiger charge is 2.23. The molecule has 0 N–H and O–H groups in total. The molecule has 0 radical (unpaired) electrons. The number of thiazole rings is 1. The summed E-state index contributed by atoms with van der Waals surface area (Å²) in [4.78, 5) is 6.07. The Morgan fingerprint density at radius 3 is 2.06 bits per heavy atom. The van der Waals surface area contributed by atoms with Gasteiger partial charge in [0.25, 0.3) is 0 Å². The van der Waals surface area contributed by atoms with Crippen LogP contribution >= 0.6 is 22.9 Å². The van der Waals surface area contributed by atoms with Gasteiger partial charge >= 0.3 is 0 Å². The first kappa shape index (κ1) is 22.2. The fraction of sp³-hybridized carbons (Fsp3) is 0.111. The molecule has 0 saturated heterocycles. The summed E-state index contributed by atoms with van der Waals surface area (Å²) in [5.41, 5.74) is 5.17. The summed E-state index contributed by atoms with van der Waals surface area (Å²) in [6.45, 7) is 2.07. The van der Waals surface area contributed by atoms with E-state index >= 15 is 0 Å². The van der Waals surface area contributed by atoms with Crippen LogP contribution in [0.3, 0.4) is 0 Å². The molecule has 2 aromatic heterocycles. The molecule has 5 rings (SSSR count). The van der Waals surface area contributed by atoms with Crippen molar-refractivity contribution in [2.24, 2.45) is 0 Å². The van der Waals surface area contributed by atoms with Crippen LogP contribution in [0.5, 0.6) is 11.5 Å². The van der Waals surface area contributed by atoms with Crippen LogP contribution in [0.4, 0.5) is 0 Å². The molecule has 7 heteroatoms. The maximum absolute atomic E-state index is 7.01. The highest BCUT2D eigenvalue weighted by molar-refractivity contribution is 7.14. The fourth-order valence-corrected chi connectivity index (χ4v) is 5.07. The lowest BCUT2D eigenvalue weighted by Crippen LogP contribution is -1.99. The third-order valence-corrected chi connectivity index (χ3v) is 6.83. The van der Waals surface area contributed by atoms with E-state index in [-0.39, 0.29) is 0 Å². The largest absolute Gasteiger partial charge is 0.497 e. The van der Waals surface area contributed by atoms with Gasteiger partial charge in [-0.25, -0.2) is 9.67 Å². The first-order valence-electron chi connectivity index (χ1n) is 10.7. The van der Waals surface area contributed by atoms with Gasteiger partial charge in [-0.2, -0.15) is 5.10 Å². The zero-order valence-electron chi connectivity index (χ0n) is 18.9. The zero-order valence-corrected chi connectivity index (χ0v) is 20.5. The molecule has 0 amide bonds. The second-order valence-corrected chi connectivity index (χ2v) is 9.21. The molecule has 0 unspecified atom stereocenters. The average molecular weight is 488 g/mol. The fourth-order valence-electron chi connectivity index (χ4n) is 3.85.